The molecule has 0 aromatic heterocycles. The van der Waals surface area contributed by atoms with Crippen LogP contribution < -0.4 is 10.6 Å². The molecule has 2 N–H and O–H groups in total. The smallest absolute Gasteiger partial charge is 0.308 e. The summed E-state index contributed by atoms with van der Waals surface area (Å²) in [6, 6.07) is 17.0. The highest BCUT2D eigenvalue weighted by Gasteiger charge is 2.31. The van der Waals surface area contributed by atoms with Crippen LogP contribution in [0.15, 0.2) is 60.7 Å². The third-order valence-electron chi connectivity index (χ3n) is 6.18. The number of nitrogens with one attached hydrogen (secondary N) is 2. The highest BCUT2D eigenvalue weighted by Crippen LogP contribution is 2.16. The molecule has 0 spiro atoms. The maximum Gasteiger partial charge on any atom is 0.308 e. The molecule has 40 heavy (non-hydrogen) atoms. The minimum Gasteiger partial charge on any atom is -0.461 e. The number of hydrogen-bond acceptors (Lipinski definition) is 7. The Morgan fingerprint density at radius 2 is 1.27 bits per heavy atom. The average molecular weight is 553 g/mol. The van der Waals surface area contributed by atoms with Crippen LogP contribution in [0.5, 0.6) is 0 Å². The topological polar surface area (TPSA) is 128 Å². The van der Waals surface area contributed by atoms with Gasteiger partial charge in [0.2, 0.25) is 11.8 Å². The van der Waals surface area contributed by atoms with E-state index in [0.717, 1.165) is 36.8 Å². The van der Waals surface area contributed by atoms with Crippen molar-refractivity contribution in [2.75, 3.05) is 6.54 Å². The first-order chi connectivity index (χ1) is 19.3. The van der Waals surface area contributed by atoms with Crippen LogP contribution in [-0.4, -0.2) is 42.1 Å². The number of benzene rings is 2. The van der Waals surface area contributed by atoms with E-state index >= 15 is 0 Å². The summed E-state index contributed by atoms with van der Waals surface area (Å²) in [5, 5.41) is 5.29. The average Bonchev–Trinajstić information content (AvgIpc) is 2.95. The third kappa shape index (κ3) is 13.2. The summed E-state index contributed by atoms with van der Waals surface area (Å²) in [4.78, 5) is 63.1. The van der Waals surface area contributed by atoms with Crippen molar-refractivity contribution in [2.24, 2.45) is 5.92 Å². The molecule has 0 bridgehead atoms. The number of ketones is 1. The number of carbonyl (C=O) groups excluding carboxylic acids is 5. The molecule has 0 radical (unpaired) electrons. The molecule has 2 aromatic carbocycles. The van der Waals surface area contributed by atoms with Gasteiger partial charge in [0.15, 0.2) is 5.78 Å². The van der Waals surface area contributed by atoms with Crippen LogP contribution in [0.25, 0.3) is 0 Å². The molecular formula is C31H40N2O7. The van der Waals surface area contributed by atoms with Gasteiger partial charge in [-0.2, -0.15) is 0 Å². The van der Waals surface area contributed by atoms with Crippen molar-refractivity contribution in [3.05, 3.63) is 71.8 Å². The van der Waals surface area contributed by atoms with E-state index in [-0.39, 0.29) is 26.1 Å². The first-order valence-electron chi connectivity index (χ1n) is 13.7. The van der Waals surface area contributed by atoms with Crippen LogP contribution in [0.2, 0.25) is 0 Å². The second-order valence-electron chi connectivity index (χ2n) is 9.67. The molecular weight excluding hydrogens is 512 g/mol. The lowest BCUT2D eigenvalue weighted by molar-refractivity contribution is -0.150. The van der Waals surface area contributed by atoms with E-state index < -0.39 is 47.9 Å². The second-order valence-corrected chi connectivity index (χ2v) is 9.67. The van der Waals surface area contributed by atoms with E-state index in [1.54, 1.807) is 12.1 Å². The highest BCUT2D eigenvalue weighted by molar-refractivity contribution is 5.95. The molecule has 0 saturated carbocycles. The Morgan fingerprint density at radius 1 is 0.725 bits per heavy atom. The van der Waals surface area contributed by atoms with Crippen molar-refractivity contribution in [2.45, 2.75) is 78.0 Å². The molecule has 216 valence electrons. The molecule has 9 heteroatoms. The molecule has 0 aliphatic rings. The van der Waals surface area contributed by atoms with Crippen molar-refractivity contribution in [1.82, 2.24) is 10.6 Å². The van der Waals surface area contributed by atoms with Gasteiger partial charge in [-0.3, -0.25) is 24.0 Å². The van der Waals surface area contributed by atoms with Gasteiger partial charge in [0.25, 0.3) is 0 Å². The molecule has 2 rings (SSSR count). The summed E-state index contributed by atoms with van der Waals surface area (Å²) < 4.78 is 10.6. The van der Waals surface area contributed by atoms with E-state index in [1.165, 1.54) is 6.92 Å². The summed E-state index contributed by atoms with van der Waals surface area (Å²) >= 11 is 0. The van der Waals surface area contributed by atoms with Gasteiger partial charge in [-0.1, -0.05) is 86.8 Å². The molecule has 2 atom stereocenters. The van der Waals surface area contributed by atoms with Crippen molar-refractivity contribution >= 4 is 29.5 Å². The van der Waals surface area contributed by atoms with Crippen LogP contribution >= 0.6 is 0 Å². The predicted molar refractivity (Wildman–Crippen MR) is 150 cm³/mol. The number of esters is 2. The van der Waals surface area contributed by atoms with Gasteiger partial charge in [-0.15, -0.1) is 0 Å². The monoisotopic (exact) mass is 552 g/mol. The van der Waals surface area contributed by atoms with Crippen molar-refractivity contribution in [3.63, 3.8) is 0 Å². The molecule has 0 heterocycles. The van der Waals surface area contributed by atoms with E-state index in [2.05, 4.69) is 17.6 Å². The van der Waals surface area contributed by atoms with Gasteiger partial charge in [-0.05, 0) is 17.5 Å². The van der Waals surface area contributed by atoms with Crippen LogP contribution in [0.4, 0.5) is 0 Å². The number of amides is 2. The van der Waals surface area contributed by atoms with Gasteiger partial charge < -0.3 is 20.1 Å². The van der Waals surface area contributed by atoms with E-state index in [4.69, 9.17) is 9.47 Å². The molecule has 2 aromatic rings. The quantitative estimate of drug-likeness (QED) is 0.211. The molecule has 0 aliphatic heterocycles. The number of carbonyl (C=O) groups is 5. The summed E-state index contributed by atoms with van der Waals surface area (Å²) in [7, 11) is 0. The third-order valence-corrected chi connectivity index (χ3v) is 6.18. The lowest BCUT2D eigenvalue weighted by Crippen LogP contribution is -2.44. The number of Topliss-reactive ketones (excluding diaryl/α,β-unsaturated/α-hetero) is 1. The van der Waals surface area contributed by atoms with Gasteiger partial charge >= 0.3 is 11.9 Å². The number of hydrogen-bond donors (Lipinski definition) is 2. The minimum atomic E-state index is -1.19. The zero-order chi connectivity index (χ0) is 29.2. The van der Waals surface area contributed by atoms with Crippen LogP contribution in [0.3, 0.4) is 0 Å². The first kappa shape index (κ1) is 32.2. The number of rotatable bonds is 18. The number of unbranched alkanes of at least 4 members (excludes halogenated alkanes) is 3. The van der Waals surface area contributed by atoms with Crippen LogP contribution in [-0.2, 0) is 46.7 Å². The van der Waals surface area contributed by atoms with Crippen LogP contribution in [0, 0.1) is 5.92 Å². The van der Waals surface area contributed by atoms with Gasteiger partial charge in [0.05, 0.1) is 24.8 Å². The van der Waals surface area contributed by atoms with E-state index in [9.17, 15) is 24.0 Å². The Bertz CT molecular complexity index is 1090. The normalized spacial score (nSPS) is 12.1. The van der Waals surface area contributed by atoms with Crippen molar-refractivity contribution in [1.29, 1.82) is 0 Å². The fraction of sp³-hybridized carbons (Fsp3) is 0.452. The van der Waals surface area contributed by atoms with Crippen molar-refractivity contribution in [3.8, 4) is 0 Å². The Balaban J connectivity index is 2.03. The molecule has 0 unspecified atom stereocenters. The lowest BCUT2D eigenvalue weighted by Gasteiger charge is -2.20. The first-order valence-corrected chi connectivity index (χ1v) is 13.7. The molecule has 2 amide bonds. The molecule has 0 fully saturated rings. The Kier molecular flexibility index (Phi) is 14.7. The predicted octanol–water partition coefficient (Wildman–Crippen LogP) is 4.03. The fourth-order valence-electron chi connectivity index (χ4n) is 4.00. The lowest BCUT2D eigenvalue weighted by atomic mass is 9.93. The van der Waals surface area contributed by atoms with Gasteiger partial charge in [-0.25, -0.2) is 0 Å². The zero-order valence-corrected chi connectivity index (χ0v) is 23.4. The molecule has 0 saturated heterocycles. The largest absolute Gasteiger partial charge is 0.461 e. The van der Waals surface area contributed by atoms with Crippen molar-refractivity contribution < 1.29 is 33.4 Å². The SMILES string of the molecule is CCCCCCNC(=O)[C@H](CC(=O)OCc1ccccc1)CC(=O)[C@@H](CC(=O)OCc1ccccc1)NC(C)=O. The van der Waals surface area contributed by atoms with Crippen LogP contribution in [0.1, 0.15) is 69.9 Å². The summed E-state index contributed by atoms with van der Waals surface area (Å²) in [6.07, 6.45) is 2.77. The van der Waals surface area contributed by atoms with E-state index in [1.807, 2.05) is 48.5 Å². The summed E-state index contributed by atoms with van der Waals surface area (Å²) in [5.41, 5.74) is 1.58. The summed E-state index contributed by atoms with van der Waals surface area (Å²) in [6.45, 7) is 3.81. The zero-order valence-electron chi connectivity index (χ0n) is 23.4. The highest BCUT2D eigenvalue weighted by atomic mass is 16.5. The molecule has 0 aliphatic carbocycles. The second kappa shape index (κ2) is 18.3. The maximum atomic E-state index is 13.2. The summed E-state index contributed by atoms with van der Waals surface area (Å²) in [5.74, 6) is -3.81. The Morgan fingerprint density at radius 3 is 1.80 bits per heavy atom. The standard InChI is InChI=1S/C31H40N2O7/c1-3-4-5-12-17-32-31(38)26(19-29(36)39-21-24-13-8-6-9-14-24)18-28(35)27(33-23(2)34)20-30(37)40-22-25-15-10-7-11-16-25/h6-11,13-16,26-27H,3-5,12,17-22H2,1-2H3,(H,32,38)(H,33,34)/t26-,27+/m0/s1. The fourth-order valence-corrected chi connectivity index (χ4v) is 4.00. The molecule has 9 nitrogen and oxygen atoms in total. The number of ether oxygens (including phenoxy) is 2. The Hall–Kier alpha value is -4.01. The van der Waals surface area contributed by atoms with Gasteiger partial charge in [0.1, 0.15) is 13.2 Å². The minimum absolute atomic E-state index is 0.0248. The maximum absolute atomic E-state index is 13.2. The Labute approximate surface area is 236 Å². The van der Waals surface area contributed by atoms with Gasteiger partial charge in [0, 0.05) is 19.9 Å². The van der Waals surface area contributed by atoms with E-state index in [0.29, 0.717) is 6.54 Å².